The van der Waals surface area contributed by atoms with Crippen molar-refractivity contribution in [2.45, 2.75) is 18.6 Å². The number of aliphatic hydroxyl groups is 3. The second kappa shape index (κ2) is 6.63. The second-order valence-electron chi connectivity index (χ2n) is 1.72. The lowest BCUT2D eigenvalue weighted by Crippen LogP contribution is -2.29. The molecule has 5 nitrogen and oxygen atoms in total. The van der Waals surface area contributed by atoms with Gasteiger partial charge in [0.15, 0.2) is 0 Å². The molecule has 2 atom stereocenters. The minimum Gasteiger partial charge on any atom is -0.412 e. The van der Waals surface area contributed by atoms with Crippen molar-refractivity contribution in [3.8, 4) is 0 Å². The van der Waals surface area contributed by atoms with E-state index >= 15 is 0 Å². The van der Waals surface area contributed by atoms with Crippen molar-refractivity contribution in [3.05, 3.63) is 0 Å². The van der Waals surface area contributed by atoms with Gasteiger partial charge >= 0.3 is 0 Å². The van der Waals surface area contributed by atoms with Gasteiger partial charge in [0.25, 0.3) is 0 Å². The summed E-state index contributed by atoms with van der Waals surface area (Å²) in [5, 5.41) is 25.5. The zero-order valence-electron chi connectivity index (χ0n) is 5.40. The number of aldehydes is 1. The molecule has 0 amide bonds. The smallest absolute Gasteiger partial charge is 0.122 e. The zero-order chi connectivity index (χ0) is 7.28. The molecule has 5 N–H and O–H groups in total. The van der Waals surface area contributed by atoms with Gasteiger partial charge in [-0.1, -0.05) is 0 Å². The maximum atomic E-state index is 9.68. The van der Waals surface area contributed by atoms with Crippen molar-refractivity contribution < 1.29 is 25.6 Å². The molecule has 62 valence electrons. The fraction of sp³-hybridized carbons (Fsp3) is 0.800. The molecule has 0 saturated heterocycles. The Morgan fingerprint density at radius 1 is 1.30 bits per heavy atom. The van der Waals surface area contributed by atoms with Gasteiger partial charge in [0.05, 0.1) is 12.7 Å². The Morgan fingerprint density at radius 2 is 1.80 bits per heavy atom. The summed E-state index contributed by atoms with van der Waals surface area (Å²) < 4.78 is 0. The van der Waals surface area contributed by atoms with E-state index in [1.54, 1.807) is 0 Å². The van der Waals surface area contributed by atoms with E-state index in [-0.39, 0.29) is 11.9 Å². The molecular weight excluding hydrogens is 140 g/mol. The Labute approximate surface area is 58.2 Å². The van der Waals surface area contributed by atoms with Gasteiger partial charge in [-0.2, -0.15) is 0 Å². The Bertz CT molecular complexity index is 84.1. The number of aliphatic hydroxyl groups excluding tert-OH is 3. The van der Waals surface area contributed by atoms with Crippen LogP contribution in [0.25, 0.3) is 0 Å². The van der Waals surface area contributed by atoms with Gasteiger partial charge in [0.1, 0.15) is 12.4 Å². The molecule has 0 spiro atoms. The molecule has 0 heterocycles. The SMILES string of the molecule is O.O=CCC(O)C(O)CO. The summed E-state index contributed by atoms with van der Waals surface area (Å²) >= 11 is 0. The van der Waals surface area contributed by atoms with Crippen molar-refractivity contribution in [1.29, 1.82) is 0 Å². The van der Waals surface area contributed by atoms with Crippen molar-refractivity contribution in [3.63, 3.8) is 0 Å². The summed E-state index contributed by atoms with van der Waals surface area (Å²) in [6.07, 6.45) is -1.98. The predicted octanol–water partition coefficient (Wildman–Crippen LogP) is -2.54. The van der Waals surface area contributed by atoms with E-state index < -0.39 is 18.8 Å². The quantitative estimate of drug-likeness (QED) is 0.386. The van der Waals surface area contributed by atoms with Crippen molar-refractivity contribution in [1.82, 2.24) is 0 Å². The van der Waals surface area contributed by atoms with E-state index in [4.69, 9.17) is 15.3 Å². The standard InChI is InChI=1S/C5H10O4.H2O/c6-2-1-4(8)5(9)3-7;/h2,4-5,7-9H,1,3H2;1H2. The zero-order valence-corrected chi connectivity index (χ0v) is 5.40. The van der Waals surface area contributed by atoms with Gasteiger partial charge in [-0.3, -0.25) is 0 Å². The second-order valence-corrected chi connectivity index (χ2v) is 1.72. The van der Waals surface area contributed by atoms with Gasteiger partial charge in [0, 0.05) is 6.42 Å². The molecule has 0 rings (SSSR count). The highest BCUT2D eigenvalue weighted by atomic mass is 16.4. The Balaban J connectivity index is 0. The van der Waals surface area contributed by atoms with Crippen molar-refractivity contribution in [2.75, 3.05) is 6.61 Å². The first-order chi connectivity index (χ1) is 4.22. The van der Waals surface area contributed by atoms with Crippen LogP contribution in [0.2, 0.25) is 0 Å². The monoisotopic (exact) mass is 152 g/mol. The highest BCUT2D eigenvalue weighted by Crippen LogP contribution is 1.94. The molecule has 0 aliphatic carbocycles. The van der Waals surface area contributed by atoms with Crippen LogP contribution in [0.5, 0.6) is 0 Å². The molecule has 2 unspecified atom stereocenters. The Kier molecular flexibility index (Phi) is 8.09. The van der Waals surface area contributed by atoms with Gasteiger partial charge in [-0.05, 0) is 0 Å². The van der Waals surface area contributed by atoms with Gasteiger partial charge < -0.3 is 25.6 Å². The largest absolute Gasteiger partial charge is 0.412 e. The minimum absolute atomic E-state index is 0. The van der Waals surface area contributed by atoms with Crippen LogP contribution >= 0.6 is 0 Å². The number of carbonyl (C=O) groups excluding carboxylic acids is 1. The van der Waals surface area contributed by atoms with E-state index in [1.165, 1.54) is 0 Å². The molecule has 0 aromatic carbocycles. The molecule has 0 radical (unpaired) electrons. The van der Waals surface area contributed by atoms with Crippen LogP contribution in [0, 0.1) is 0 Å². The third-order valence-electron chi connectivity index (χ3n) is 0.969. The average molecular weight is 152 g/mol. The van der Waals surface area contributed by atoms with Crippen molar-refractivity contribution in [2.24, 2.45) is 0 Å². The van der Waals surface area contributed by atoms with Crippen LogP contribution < -0.4 is 0 Å². The van der Waals surface area contributed by atoms with Crippen LogP contribution in [0.1, 0.15) is 6.42 Å². The van der Waals surface area contributed by atoms with Gasteiger partial charge in [0.2, 0.25) is 0 Å². The first kappa shape index (κ1) is 12.2. The topological polar surface area (TPSA) is 109 Å². The van der Waals surface area contributed by atoms with Gasteiger partial charge in [-0.15, -0.1) is 0 Å². The first-order valence-corrected chi connectivity index (χ1v) is 2.63. The Morgan fingerprint density at radius 3 is 2.10 bits per heavy atom. The molecular formula is C5H12O5. The van der Waals surface area contributed by atoms with Crippen molar-refractivity contribution >= 4 is 6.29 Å². The van der Waals surface area contributed by atoms with E-state index in [2.05, 4.69) is 0 Å². The lowest BCUT2D eigenvalue weighted by Gasteiger charge is -2.11. The number of carbonyl (C=O) groups is 1. The van der Waals surface area contributed by atoms with Crippen LogP contribution in [-0.2, 0) is 4.79 Å². The molecule has 0 aliphatic heterocycles. The number of rotatable bonds is 4. The number of hydrogen-bond donors (Lipinski definition) is 3. The summed E-state index contributed by atoms with van der Waals surface area (Å²) in [6, 6.07) is 0. The summed E-state index contributed by atoms with van der Waals surface area (Å²) in [6.45, 7) is -0.519. The molecule has 0 fully saturated rings. The third kappa shape index (κ3) is 4.39. The summed E-state index contributed by atoms with van der Waals surface area (Å²) in [4.78, 5) is 9.68. The highest BCUT2D eigenvalue weighted by molar-refractivity contribution is 5.50. The van der Waals surface area contributed by atoms with Crippen LogP contribution in [0.4, 0.5) is 0 Å². The fourth-order valence-corrected chi connectivity index (χ4v) is 0.377. The summed E-state index contributed by atoms with van der Waals surface area (Å²) in [5.74, 6) is 0. The predicted molar refractivity (Wildman–Crippen MR) is 33.4 cm³/mol. The normalized spacial score (nSPS) is 15.1. The molecule has 0 aliphatic rings. The van der Waals surface area contributed by atoms with Crippen LogP contribution in [0.3, 0.4) is 0 Å². The molecule has 5 heteroatoms. The van der Waals surface area contributed by atoms with Crippen LogP contribution in [0.15, 0.2) is 0 Å². The molecule has 0 aromatic rings. The maximum absolute atomic E-state index is 9.68. The Hall–Kier alpha value is -0.490. The lowest BCUT2D eigenvalue weighted by atomic mass is 10.2. The third-order valence-corrected chi connectivity index (χ3v) is 0.969. The maximum Gasteiger partial charge on any atom is 0.122 e. The minimum atomic E-state index is -1.20. The molecule has 10 heavy (non-hydrogen) atoms. The summed E-state index contributed by atoms with van der Waals surface area (Å²) in [5.41, 5.74) is 0. The first-order valence-electron chi connectivity index (χ1n) is 2.63. The average Bonchev–Trinajstić information content (AvgIpc) is 1.87. The van der Waals surface area contributed by atoms with Crippen LogP contribution in [-0.4, -0.2) is 45.9 Å². The van der Waals surface area contributed by atoms with Gasteiger partial charge in [-0.25, -0.2) is 0 Å². The highest BCUT2D eigenvalue weighted by Gasteiger charge is 2.13. The molecule has 0 bridgehead atoms. The number of hydrogen-bond acceptors (Lipinski definition) is 4. The summed E-state index contributed by atoms with van der Waals surface area (Å²) in [7, 11) is 0. The molecule has 0 saturated carbocycles. The lowest BCUT2D eigenvalue weighted by molar-refractivity contribution is -0.111. The van der Waals surface area contributed by atoms with E-state index in [0.717, 1.165) is 0 Å². The van der Waals surface area contributed by atoms with E-state index in [0.29, 0.717) is 6.29 Å². The van der Waals surface area contributed by atoms with E-state index in [1.807, 2.05) is 0 Å². The fourth-order valence-electron chi connectivity index (χ4n) is 0.377. The van der Waals surface area contributed by atoms with E-state index in [9.17, 15) is 4.79 Å². The molecule has 0 aromatic heterocycles.